The normalized spacial score (nSPS) is 25.3. The van der Waals surface area contributed by atoms with E-state index in [0.29, 0.717) is 5.92 Å². The fourth-order valence-corrected chi connectivity index (χ4v) is 3.75. The summed E-state index contributed by atoms with van der Waals surface area (Å²) >= 11 is 5.73. The molecule has 2 amide bonds. The Morgan fingerprint density at radius 1 is 1.24 bits per heavy atom. The predicted octanol–water partition coefficient (Wildman–Crippen LogP) is 4.52. The van der Waals surface area contributed by atoms with E-state index in [1.165, 1.54) is 37.8 Å². The molecule has 1 aromatic rings. The highest BCUT2D eigenvalue weighted by Crippen LogP contribution is 2.36. The summed E-state index contributed by atoms with van der Waals surface area (Å²) in [4.78, 5) is 14.1. The highest BCUT2D eigenvalue weighted by Gasteiger charge is 2.33. The zero-order valence-electron chi connectivity index (χ0n) is 11.9. The molecule has 2 atom stereocenters. The first-order chi connectivity index (χ1) is 10.1. The number of hydrogen-bond acceptors (Lipinski definition) is 1. The lowest BCUT2D eigenvalue weighted by Gasteiger charge is -2.41. The number of nitrogens with zero attached hydrogens (tertiary/aromatic N) is 1. The number of anilines is 1. The minimum absolute atomic E-state index is 0.0267. The number of nitrogens with one attached hydrogen (secondary N) is 1. The maximum absolute atomic E-state index is 13.8. The number of amides is 2. The number of benzene rings is 1. The van der Waals surface area contributed by atoms with Crippen LogP contribution in [0, 0.1) is 17.7 Å². The first kappa shape index (κ1) is 14.6. The number of hydrogen-bond donors (Lipinski definition) is 1. The van der Waals surface area contributed by atoms with Gasteiger partial charge in [-0.15, -0.1) is 0 Å². The molecule has 1 saturated heterocycles. The lowest BCUT2D eigenvalue weighted by Crippen LogP contribution is -2.46. The molecular weight excluding hydrogens is 291 g/mol. The Bertz CT molecular complexity index is 537. The number of piperidine rings is 1. The molecule has 1 N–H and O–H groups in total. The Morgan fingerprint density at radius 3 is 2.81 bits per heavy atom. The van der Waals surface area contributed by atoms with Crippen molar-refractivity contribution in [2.75, 3.05) is 18.4 Å². The van der Waals surface area contributed by atoms with Gasteiger partial charge in [0.1, 0.15) is 0 Å². The number of likely N-dealkylation sites (tertiary alicyclic amines) is 1. The number of carbonyl (C=O) groups excluding carboxylic acids is 1. The third-order valence-electron chi connectivity index (χ3n) is 4.77. The summed E-state index contributed by atoms with van der Waals surface area (Å²) in [5, 5.41) is 2.67. The summed E-state index contributed by atoms with van der Waals surface area (Å²) in [6, 6.07) is 4.42. The molecule has 5 heteroatoms. The minimum Gasteiger partial charge on any atom is -0.324 e. The minimum atomic E-state index is -0.569. The lowest BCUT2D eigenvalue weighted by atomic mass is 9.75. The molecule has 3 nitrogen and oxygen atoms in total. The van der Waals surface area contributed by atoms with Crippen molar-refractivity contribution in [3.8, 4) is 0 Å². The molecule has 1 heterocycles. The summed E-state index contributed by atoms with van der Waals surface area (Å²) in [7, 11) is 0. The average molecular weight is 311 g/mol. The highest BCUT2D eigenvalue weighted by atomic mass is 35.5. The van der Waals surface area contributed by atoms with Gasteiger partial charge in [-0.2, -0.15) is 0 Å². The second kappa shape index (κ2) is 6.22. The summed E-state index contributed by atoms with van der Waals surface area (Å²) in [5.74, 6) is 0.813. The molecule has 2 aliphatic rings. The Hall–Kier alpha value is -1.29. The van der Waals surface area contributed by atoms with Gasteiger partial charge < -0.3 is 10.2 Å². The van der Waals surface area contributed by atoms with Gasteiger partial charge in [-0.3, -0.25) is 0 Å². The fraction of sp³-hybridized carbons (Fsp3) is 0.562. The molecule has 21 heavy (non-hydrogen) atoms. The Kier molecular flexibility index (Phi) is 4.34. The molecule has 2 fully saturated rings. The Balaban J connectivity index is 1.64. The standard InChI is InChI=1S/C16H20ClFN2O/c17-13-6-3-7-14(15(13)18)19-16(21)20-9-8-11-4-1-2-5-12(11)10-20/h3,6-7,11-12H,1-2,4-5,8-10H2,(H,19,21)/t11-,12+/m0/s1. The van der Waals surface area contributed by atoms with Crippen LogP contribution in [-0.4, -0.2) is 24.0 Å². The van der Waals surface area contributed by atoms with Crippen molar-refractivity contribution in [3.63, 3.8) is 0 Å². The van der Waals surface area contributed by atoms with Crippen LogP contribution in [0.1, 0.15) is 32.1 Å². The van der Waals surface area contributed by atoms with Gasteiger partial charge >= 0.3 is 6.03 Å². The van der Waals surface area contributed by atoms with Crippen molar-refractivity contribution in [1.29, 1.82) is 0 Å². The molecular formula is C16H20ClFN2O. The number of rotatable bonds is 1. The van der Waals surface area contributed by atoms with E-state index < -0.39 is 5.82 Å². The third kappa shape index (κ3) is 3.15. The molecule has 0 unspecified atom stereocenters. The molecule has 1 aromatic carbocycles. The van der Waals surface area contributed by atoms with Gasteiger partial charge in [0.2, 0.25) is 0 Å². The van der Waals surface area contributed by atoms with Crippen LogP contribution in [0.25, 0.3) is 0 Å². The van der Waals surface area contributed by atoms with Crippen LogP contribution in [0.5, 0.6) is 0 Å². The number of halogens is 2. The van der Waals surface area contributed by atoms with Gasteiger partial charge in [-0.25, -0.2) is 9.18 Å². The zero-order chi connectivity index (χ0) is 14.8. The van der Waals surface area contributed by atoms with Crippen molar-refractivity contribution < 1.29 is 9.18 Å². The quantitative estimate of drug-likeness (QED) is 0.812. The molecule has 1 aliphatic carbocycles. The van der Waals surface area contributed by atoms with Gasteiger partial charge in [0.25, 0.3) is 0 Å². The van der Waals surface area contributed by atoms with Crippen LogP contribution in [-0.2, 0) is 0 Å². The second-order valence-electron chi connectivity index (χ2n) is 6.07. The largest absolute Gasteiger partial charge is 0.324 e. The zero-order valence-corrected chi connectivity index (χ0v) is 12.7. The Morgan fingerprint density at radius 2 is 2.00 bits per heavy atom. The van der Waals surface area contributed by atoms with E-state index in [1.807, 2.05) is 4.90 Å². The van der Waals surface area contributed by atoms with Crippen molar-refractivity contribution in [3.05, 3.63) is 29.0 Å². The highest BCUT2D eigenvalue weighted by molar-refractivity contribution is 6.31. The molecule has 3 rings (SSSR count). The molecule has 1 aliphatic heterocycles. The summed E-state index contributed by atoms with van der Waals surface area (Å²) < 4.78 is 13.8. The maximum Gasteiger partial charge on any atom is 0.321 e. The predicted molar refractivity (Wildman–Crippen MR) is 82.1 cm³/mol. The van der Waals surface area contributed by atoms with Crippen molar-refractivity contribution in [2.45, 2.75) is 32.1 Å². The van der Waals surface area contributed by atoms with E-state index in [0.717, 1.165) is 25.4 Å². The lowest BCUT2D eigenvalue weighted by molar-refractivity contribution is 0.108. The van der Waals surface area contributed by atoms with Gasteiger partial charge in [-0.05, 0) is 36.8 Å². The van der Waals surface area contributed by atoms with Crippen LogP contribution in [0.3, 0.4) is 0 Å². The number of urea groups is 1. The van der Waals surface area contributed by atoms with E-state index in [4.69, 9.17) is 11.6 Å². The first-order valence-electron chi connectivity index (χ1n) is 7.65. The first-order valence-corrected chi connectivity index (χ1v) is 8.03. The van der Waals surface area contributed by atoms with Gasteiger partial charge in [0.05, 0.1) is 10.7 Å². The van der Waals surface area contributed by atoms with Crippen LogP contribution < -0.4 is 5.32 Å². The molecule has 0 bridgehead atoms. The topological polar surface area (TPSA) is 32.3 Å². The summed E-state index contributed by atoms with van der Waals surface area (Å²) in [5.41, 5.74) is 0.151. The van der Waals surface area contributed by atoms with Crippen molar-refractivity contribution in [2.24, 2.45) is 11.8 Å². The van der Waals surface area contributed by atoms with Crippen LogP contribution in [0.4, 0.5) is 14.9 Å². The third-order valence-corrected chi connectivity index (χ3v) is 5.06. The van der Waals surface area contributed by atoms with Crippen molar-refractivity contribution in [1.82, 2.24) is 4.90 Å². The van der Waals surface area contributed by atoms with Crippen LogP contribution in [0.15, 0.2) is 18.2 Å². The maximum atomic E-state index is 13.8. The van der Waals surface area contributed by atoms with E-state index >= 15 is 0 Å². The molecule has 0 aromatic heterocycles. The van der Waals surface area contributed by atoms with Gasteiger partial charge in [-0.1, -0.05) is 36.9 Å². The summed E-state index contributed by atoms with van der Waals surface area (Å²) in [6.45, 7) is 1.55. The molecule has 0 spiro atoms. The smallest absolute Gasteiger partial charge is 0.321 e. The van der Waals surface area contributed by atoms with E-state index in [2.05, 4.69) is 5.32 Å². The average Bonchev–Trinajstić information content (AvgIpc) is 2.51. The van der Waals surface area contributed by atoms with Gasteiger partial charge in [0.15, 0.2) is 5.82 Å². The van der Waals surface area contributed by atoms with Gasteiger partial charge in [0, 0.05) is 13.1 Å². The summed E-state index contributed by atoms with van der Waals surface area (Å²) in [6.07, 6.45) is 6.15. The van der Waals surface area contributed by atoms with Crippen LogP contribution in [0.2, 0.25) is 5.02 Å². The molecule has 1 saturated carbocycles. The van der Waals surface area contributed by atoms with Crippen molar-refractivity contribution >= 4 is 23.3 Å². The number of fused-ring (bicyclic) bond motifs is 1. The molecule has 114 valence electrons. The van der Waals surface area contributed by atoms with Crippen LogP contribution >= 0.6 is 11.6 Å². The van der Waals surface area contributed by atoms with E-state index in [1.54, 1.807) is 6.07 Å². The van der Waals surface area contributed by atoms with E-state index in [-0.39, 0.29) is 16.7 Å². The fourth-order valence-electron chi connectivity index (χ4n) is 3.58. The monoisotopic (exact) mass is 310 g/mol. The second-order valence-corrected chi connectivity index (χ2v) is 6.48. The SMILES string of the molecule is O=C(Nc1cccc(Cl)c1F)N1CC[C@@H]2CCCC[C@@H]2C1. The number of carbonyl (C=O) groups is 1. The van der Waals surface area contributed by atoms with E-state index in [9.17, 15) is 9.18 Å². The molecule has 0 radical (unpaired) electrons. The Labute approximate surface area is 129 Å².